The van der Waals surface area contributed by atoms with E-state index in [1.54, 1.807) is 7.11 Å². The van der Waals surface area contributed by atoms with Crippen molar-refractivity contribution in [2.75, 3.05) is 13.7 Å². The lowest BCUT2D eigenvalue weighted by molar-refractivity contribution is 0.271. The lowest BCUT2D eigenvalue weighted by atomic mass is 9.95. The maximum Gasteiger partial charge on any atom is 0.123 e. The molecule has 0 saturated carbocycles. The van der Waals surface area contributed by atoms with E-state index in [2.05, 4.69) is 13.0 Å². The molecule has 0 radical (unpaired) electrons. The third-order valence-electron chi connectivity index (χ3n) is 2.56. The monoisotopic (exact) mass is 178 g/mol. The highest BCUT2D eigenvalue weighted by Crippen LogP contribution is 2.35. The molecular weight excluding hydrogens is 164 g/mol. The summed E-state index contributed by atoms with van der Waals surface area (Å²) in [5, 5.41) is 0. The average molecular weight is 178 g/mol. The van der Waals surface area contributed by atoms with E-state index in [0.717, 1.165) is 24.5 Å². The Labute approximate surface area is 78.5 Å². The lowest BCUT2D eigenvalue weighted by Crippen LogP contribution is -2.11. The third-order valence-corrected chi connectivity index (χ3v) is 2.56. The van der Waals surface area contributed by atoms with Crippen molar-refractivity contribution in [3.8, 4) is 11.5 Å². The molecule has 0 amide bonds. The molecule has 1 atom stereocenters. The zero-order chi connectivity index (χ0) is 9.26. The van der Waals surface area contributed by atoms with Crippen molar-refractivity contribution in [1.29, 1.82) is 0 Å². The van der Waals surface area contributed by atoms with Gasteiger partial charge < -0.3 is 9.47 Å². The van der Waals surface area contributed by atoms with Gasteiger partial charge in [0.05, 0.1) is 13.7 Å². The number of methoxy groups -OCH3 is 1. The van der Waals surface area contributed by atoms with Crippen molar-refractivity contribution >= 4 is 0 Å². The summed E-state index contributed by atoms with van der Waals surface area (Å²) in [6.45, 7) is 3.06. The molecule has 0 saturated heterocycles. The highest BCUT2D eigenvalue weighted by molar-refractivity contribution is 5.43. The van der Waals surface area contributed by atoms with Crippen molar-refractivity contribution in [1.82, 2.24) is 0 Å². The van der Waals surface area contributed by atoms with Gasteiger partial charge in [0.2, 0.25) is 0 Å². The van der Waals surface area contributed by atoms with Crippen LogP contribution in [0.1, 0.15) is 24.8 Å². The molecular formula is C11H14O2. The molecule has 1 aromatic rings. The highest BCUT2D eigenvalue weighted by Gasteiger charge is 2.17. The summed E-state index contributed by atoms with van der Waals surface area (Å²) in [6.07, 6.45) is 1.10. The van der Waals surface area contributed by atoms with E-state index in [-0.39, 0.29) is 0 Å². The van der Waals surface area contributed by atoms with E-state index < -0.39 is 0 Å². The molecule has 1 aromatic carbocycles. The van der Waals surface area contributed by atoms with Crippen LogP contribution in [0.5, 0.6) is 11.5 Å². The first-order valence-corrected chi connectivity index (χ1v) is 4.62. The Morgan fingerprint density at radius 3 is 3.08 bits per heavy atom. The molecule has 1 unspecified atom stereocenters. The van der Waals surface area contributed by atoms with Crippen molar-refractivity contribution in [3.63, 3.8) is 0 Å². The van der Waals surface area contributed by atoms with Crippen LogP contribution in [0.4, 0.5) is 0 Å². The van der Waals surface area contributed by atoms with Crippen molar-refractivity contribution < 1.29 is 9.47 Å². The van der Waals surface area contributed by atoms with Gasteiger partial charge in [-0.3, -0.25) is 0 Å². The minimum absolute atomic E-state index is 0.582. The first-order chi connectivity index (χ1) is 6.31. The normalized spacial score (nSPS) is 20.3. The van der Waals surface area contributed by atoms with Gasteiger partial charge in [0.25, 0.3) is 0 Å². The second kappa shape index (κ2) is 3.29. The Morgan fingerprint density at radius 1 is 1.46 bits per heavy atom. The van der Waals surface area contributed by atoms with Gasteiger partial charge in [-0.25, -0.2) is 0 Å². The molecule has 70 valence electrons. The number of hydrogen-bond acceptors (Lipinski definition) is 2. The van der Waals surface area contributed by atoms with Gasteiger partial charge >= 0.3 is 0 Å². The summed E-state index contributed by atoms with van der Waals surface area (Å²) in [7, 11) is 1.69. The van der Waals surface area contributed by atoms with Crippen LogP contribution in [0.15, 0.2) is 18.2 Å². The van der Waals surface area contributed by atoms with Gasteiger partial charge in [0, 0.05) is 5.56 Å². The summed E-state index contributed by atoms with van der Waals surface area (Å²) in [4.78, 5) is 0. The predicted molar refractivity (Wildman–Crippen MR) is 51.5 cm³/mol. The molecule has 0 aromatic heterocycles. The fourth-order valence-corrected chi connectivity index (χ4v) is 1.67. The fraction of sp³-hybridized carbons (Fsp3) is 0.455. The molecule has 0 bridgehead atoms. The van der Waals surface area contributed by atoms with E-state index in [1.807, 2.05) is 12.1 Å². The summed E-state index contributed by atoms with van der Waals surface area (Å²) in [6, 6.07) is 6.00. The van der Waals surface area contributed by atoms with Crippen LogP contribution in [0, 0.1) is 0 Å². The molecule has 0 aliphatic carbocycles. The lowest BCUT2D eigenvalue weighted by Gasteiger charge is -2.23. The van der Waals surface area contributed by atoms with Gasteiger partial charge in [-0.2, -0.15) is 0 Å². The smallest absolute Gasteiger partial charge is 0.123 e. The number of rotatable bonds is 1. The highest BCUT2D eigenvalue weighted by atomic mass is 16.5. The van der Waals surface area contributed by atoms with E-state index in [1.165, 1.54) is 5.56 Å². The molecule has 0 spiro atoms. The van der Waals surface area contributed by atoms with Crippen molar-refractivity contribution in [2.24, 2.45) is 0 Å². The summed E-state index contributed by atoms with van der Waals surface area (Å²) >= 11 is 0. The van der Waals surface area contributed by atoms with E-state index in [9.17, 15) is 0 Å². The molecule has 1 heterocycles. The number of ether oxygens (including phenoxy) is 2. The first kappa shape index (κ1) is 8.42. The molecule has 0 N–H and O–H groups in total. The van der Waals surface area contributed by atoms with Crippen LogP contribution in [0.3, 0.4) is 0 Å². The SMILES string of the molecule is COc1ccc2c(c1)C(C)CCO2. The molecule has 1 aliphatic rings. The van der Waals surface area contributed by atoms with Crippen LogP contribution < -0.4 is 9.47 Å². The Hall–Kier alpha value is -1.18. The molecule has 2 heteroatoms. The zero-order valence-electron chi connectivity index (χ0n) is 8.04. The maximum atomic E-state index is 5.54. The van der Waals surface area contributed by atoms with Crippen molar-refractivity contribution in [2.45, 2.75) is 19.3 Å². The van der Waals surface area contributed by atoms with E-state index >= 15 is 0 Å². The second-order valence-electron chi connectivity index (χ2n) is 3.44. The van der Waals surface area contributed by atoms with E-state index in [4.69, 9.17) is 9.47 Å². The molecule has 1 aliphatic heterocycles. The Bertz CT molecular complexity index is 307. The van der Waals surface area contributed by atoms with Crippen LogP contribution in [-0.2, 0) is 0 Å². The fourth-order valence-electron chi connectivity index (χ4n) is 1.67. The predicted octanol–water partition coefficient (Wildman–Crippen LogP) is 2.58. The van der Waals surface area contributed by atoms with Gasteiger partial charge in [0.15, 0.2) is 0 Å². The van der Waals surface area contributed by atoms with Gasteiger partial charge in [-0.05, 0) is 30.5 Å². The average Bonchev–Trinajstić information content (AvgIpc) is 2.18. The Balaban J connectivity index is 2.41. The van der Waals surface area contributed by atoms with Crippen LogP contribution >= 0.6 is 0 Å². The van der Waals surface area contributed by atoms with Crippen LogP contribution in [-0.4, -0.2) is 13.7 Å². The summed E-state index contributed by atoms with van der Waals surface area (Å²) in [5.41, 5.74) is 1.27. The minimum Gasteiger partial charge on any atom is -0.497 e. The van der Waals surface area contributed by atoms with Crippen LogP contribution in [0.25, 0.3) is 0 Å². The van der Waals surface area contributed by atoms with Gasteiger partial charge in [0.1, 0.15) is 11.5 Å². The topological polar surface area (TPSA) is 18.5 Å². The maximum absolute atomic E-state index is 5.54. The van der Waals surface area contributed by atoms with Gasteiger partial charge in [-0.15, -0.1) is 0 Å². The second-order valence-corrected chi connectivity index (χ2v) is 3.44. The first-order valence-electron chi connectivity index (χ1n) is 4.62. The number of fused-ring (bicyclic) bond motifs is 1. The number of benzene rings is 1. The van der Waals surface area contributed by atoms with Crippen molar-refractivity contribution in [3.05, 3.63) is 23.8 Å². The molecule has 2 rings (SSSR count). The zero-order valence-corrected chi connectivity index (χ0v) is 8.04. The minimum atomic E-state index is 0.582. The molecule has 0 fully saturated rings. The Morgan fingerprint density at radius 2 is 2.31 bits per heavy atom. The molecule has 2 nitrogen and oxygen atoms in total. The third kappa shape index (κ3) is 1.48. The number of hydrogen-bond donors (Lipinski definition) is 0. The Kier molecular flexibility index (Phi) is 2.13. The summed E-state index contributed by atoms with van der Waals surface area (Å²) in [5.74, 6) is 2.51. The molecule has 13 heavy (non-hydrogen) atoms. The van der Waals surface area contributed by atoms with Crippen LogP contribution in [0.2, 0.25) is 0 Å². The quantitative estimate of drug-likeness (QED) is 0.658. The summed E-state index contributed by atoms with van der Waals surface area (Å²) < 4.78 is 10.7. The van der Waals surface area contributed by atoms with Gasteiger partial charge in [-0.1, -0.05) is 6.92 Å². The van der Waals surface area contributed by atoms with E-state index in [0.29, 0.717) is 5.92 Å². The largest absolute Gasteiger partial charge is 0.497 e. The standard InChI is InChI=1S/C11H14O2/c1-8-5-6-13-11-4-3-9(12-2)7-10(8)11/h3-4,7-8H,5-6H2,1-2H3.